The number of hydrogen-bond acceptors (Lipinski definition) is 1. The quantitative estimate of drug-likeness (QED) is 0.571. The maximum Gasteiger partial charge on any atom is 0.132 e. The molecule has 0 aromatic heterocycles. The van der Waals surface area contributed by atoms with Crippen LogP contribution in [-0.2, 0) is 4.79 Å². The molecule has 12 heavy (non-hydrogen) atoms. The number of carbonyl (C=O) groups is 1. The molecule has 0 radical (unpaired) electrons. The Morgan fingerprint density at radius 3 is 2.25 bits per heavy atom. The third kappa shape index (κ3) is 7.77. The van der Waals surface area contributed by atoms with Gasteiger partial charge in [-0.3, -0.25) is 4.79 Å². The largest absolute Gasteiger partial charge is 0.300 e. The molecule has 0 bridgehead atoms. The van der Waals surface area contributed by atoms with Crippen molar-refractivity contribution in [1.82, 2.24) is 0 Å². The molecule has 0 atom stereocenters. The van der Waals surface area contributed by atoms with E-state index in [1.807, 2.05) is 0 Å². The molecule has 0 fully saturated rings. The lowest BCUT2D eigenvalue weighted by Crippen LogP contribution is -1.98. The average Bonchev–Trinajstić information content (AvgIpc) is 2.00. The zero-order valence-electron chi connectivity index (χ0n) is 8.73. The zero-order chi connectivity index (χ0) is 9.40. The van der Waals surface area contributed by atoms with Gasteiger partial charge in [0.2, 0.25) is 0 Å². The molecule has 0 saturated carbocycles. The van der Waals surface area contributed by atoms with Crippen LogP contribution in [0.3, 0.4) is 0 Å². The van der Waals surface area contributed by atoms with Gasteiger partial charge >= 0.3 is 0 Å². The van der Waals surface area contributed by atoms with Crippen LogP contribution < -0.4 is 0 Å². The molecule has 1 nitrogen and oxygen atoms in total. The van der Waals surface area contributed by atoms with E-state index in [2.05, 4.69) is 20.8 Å². The van der Waals surface area contributed by atoms with Crippen molar-refractivity contribution in [3.05, 3.63) is 0 Å². The predicted molar refractivity (Wildman–Crippen MR) is 53.2 cm³/mol. The van der Waals surface area contributed by atoms with Gasteiger partial charge in [0.1, 0.15) is 5.78 Å². The van der Waals surface area contributed by atoms with Crippen molar-refractivity contribution in [3.8, 4) is 0 Å². The topological polar surface area (TPSA) is 17.1 Å². The summed E-state index contributed by atoms with van der Waals surface area (Å²) in [5.41, 5.74) is 0. The van der Waals surface area contributed by atoms with Gasteiger partial charge in [0, 0.05) is 12.8 Å². The second-order valence-corrected chi connectivity index (χ2v) is 3.93. The van der Waals surface area contributed by atoms with Crippen molar-refractivity contribution in [2.45, 2.75) is 59.3 Å². The monoisotopic (exact) mass is 170 g/mol. The Morgan fingerprint density at radius 2 is 1.75 bits per heavy atom. The van der Waals surface area contributed by atoms with Gasteiger partial charge in [0.05, 0.1) is 0 Å². The van der Waals surface area contributed by atoms with Crippen molar-refractivity contribution in [2.75, 3.05) is 0 Å². The molecule has 0 aliphatic rings. The molecule has 0 saturated heterocycles. The first-order valence-corrected chi connectivity index (χ1v) is 5.18. The van der Waals surface area contributed by atoms with E-state index >= 15 is 0 Å². The van der Waals surface area contributed by atoms with Crippen molar-refractivity contribution >= 4 is 5.78 Å². The highest BCUT2D eigenvalue weighted by Crippen LogP contribution is 2.08. The molecule has 0 aliphatic heterocycles. The first-order valence-electron chi connectivity index (χ1n) is 5.18. The highest BCUT2D eigenvalue weighted by atomic mass is 16.1. The lowest BCUT2D eigenvalue weighted by molar-refractivity contribution is -0.119. The molecular weight excluding hydrogens is 148 g/mol. The molecule has 72 valence electrons. The zero-order valence-corrected chi connectivity index (χ0v) is 8.73. The third-order valence-electron chi connectivity index (χ3n) is 2.05. The smallest absolute Gasteiger partial charge is 0.132 e. The van der Waals surface area contributed by atoms with Crippen LogP contribution in [0.1, 0.15) is 59.3 Å². The SMILES string of the molecule is CCCCC(=O)CCCC(C)C. The minimum Gasteiger partial charge on any atom is -0.300 e. The van der Waals surface area contributed by atoms with Gasteiger partial charge in [0.15, 0.2) is 0 Å². The van der Waals surface area contributed by atoms with Gasteiger partial charge in [-0.25, -0.2) is 0 Å². The number of hydrogen-bond donors (Lipinski definition) is 0. The van der Waals surface area contributed by atoms with Crippen LogP contribution in [0, 0.1) is 5.92 Å². The number of rotatable bonds is 7. The fraction of sp³-hybridized carbons (Fsp3) is 0.909. The van der Waals surface area contributed by atoms with E-state index in [4.69, 9.17) is 0 Å². The fourth-order valence-corrected chi connectivity index (χ4v) is 1.21. The Hall–Kier alpha value is -0.330. The maximum atomic E-state index is 11.2. The molecule has 0 N–H and O–H groups in total. The Morgan fingerprint density at radius 1 is 1.17 bits per heavy atom. The lowest BCUT2D eigenvalue weighted by Gasteiger charge is -2.02. The van der Waals surface area contributed by atoms with E-state index in [0.717, 1.165) is 38.0 Å². The normalized spacial score (nSPS) is 10.7. The summed E-state index contributed by atoms with van der Waals surface area (Å²) in [5, 5.41) is 0. The predicted octanol–water partition coefficient (Wildman–Crippen LogP) is 3.57. The first kappa shape index (κ1) is 11.7. The van der Waals surface area contributed by atoms with Crippen molar-refractivity contribution in [2.24, 2.45) is 5.92 Å². The Kier molecular flexibility index (Phi) is 7.12. The lowest BCUT2D eigenvalue weighted by atomic mass is 10.0. The standard InChI is InChI=1S/C11H22O/c1-4-5-8-11(12)9-6-7-10(2)3/h10H,4-9H2,1-3H3. The van der Waals surface area contributed by atoms with Crippen molar-refractivity contribution < 1.29 is 4.79 Å². The summed E-state index contributed by atoms with van der Waals surface area (Å²) in [5.74, 6) is 1.20. The van der Waals surface area contributed by atoms with Gasteiger partial charge in [-0.2, -0.15) is 0 Å². The summed E-state index contributed by atoms with van der Waals surface area (Å²) >= 11 is 0. The van der Waals surface area contributed by atoms with E-state index in [-0.39, 0.29) is 0 Å². The van der Waals surface area contributed by atoms with Gasteiger partial charge in [-0.05, 0) is 18.8 Å². The maximum absolute atomic E-state index is 11.2. The number of carbonyl (C=O) groups excluding carboxylic acids is 1. The van der Waals surface area contributed by atoms with Crippen LogP contribution in [0.2, 0.25) is 0 Å². The minimum atomic E-state index is 0.456. The Bertz CT molecular complexity index is 116. The molecule has 0 heterocycles. The number of unbranched alkanes of at least 4 members (excludes halogenated alkanes) is 1. The van der Waals surface area contributed by atoms with Crippen molar-refractivity contribution in [3.63, 3.8) is 0 Å². The van der Waals surface area contributed by atoms with E-state index in [1.165, 1.54) is 6.42 Å². The molecule has 0 aliphatic carbocycles. The van der Waals surface area contributed by atoms with E-state index in [1.54, 1.807) is 0 Å². The van der Waals surface area contributed by atoms with Crippen LogP contribution in [0.4, 0.5) is 0 Å². The van der Waals surface area contributed by atoms with E-state index in [9.17, 15) is 4.79 Å². The van der Waals surface area contributed by atoms with E-state index in [0.29, 0.717) is 5.78 Å². The molecule has 0 aromatic carbocycles. The summed E-state index contributed by atoms with van der Waals surface area (Å²) < 4.78 is 0. The molecule has 0 aromatic rings. The minimum absolute atomic E-state index is 0.456. The summed E-state index contributed by atoms with van der Waals surface area (Å²) in [7, 11) is 0. The molecule has 1 heteroatoms. The Balaban J connectivity index is 3.20. The van der Waals surface area contributed by atoms with Crippen LogP contribution in [-0.4, -0.2) is 5.78 Å². The van der Waals surface area contributed by atoms with Crippen LogP contribution in [0.25, 0.3) is 0 Å². The van der Waals surface area contributed by atoms with Gasteiger partial charge in [-0.15, -0.1) is 0 Å². The number of ketones is 1. The third-order valence-corrected chi connectivity index (χ3v) is 2.05. The van der Waals surface area contributed by atoms with Gasteiger partial charge in [-0.1, -0.05) is 33.6 Å². The highest BCUT2D eigenvalue weighted by molar-refractivity contribution is 5.78. The molecule has 0 unspecified atom stereocenters. The van der Waals surface area contributed by atoms with Crippen LogP contribution in [0.5, 0.6) is 0 Å². The molecule has 0 amide bonds. The summed E-state index contributed by atoms with van der Waals surface area (Å²) in [6, 6.07) is 0. The second kappa shape index (κ2) is 7.33. The van der Waals surface area contributed by atoms with Gasteiger partial charge < -0.3 is 0 Å². The van der Waals surface area contributed by atoms with Crippen LogP contribution in [0.15, 0.2) is 0 Å². The first-order chi connectivity index (χ1) is 5.66. The average molecular weight is 170 g/mol. The molecule has 0 rings (SSSR count). The van der Waals surface area contributed by atoms with Crippen LogP contribution >= 0.6 is 0 Å². The van der Waals surface area contributed by atoms with Gasteiger partial charge in [0.25, 0.3) is 0 Å². The summed E-state index contributed by atoms with van der Waals surface area (Å²) in [6.07, 6.45) is 6.08. The highest BCUT2D eigenvalue weighted by Gasteiger charge is 2.01. The summed E-state index contributed by atoms with van der Waals surface area (Å²) in [4.78, 5) is 11.2. The molecular formula is C11H22O. The number of Topliss-reactive ketones (excluding diaryl/α,β-unsaturated/α-hetero) is 1. The van der Waals surface area contributed by atoms with E-state index < -0.39 is 0 Å². The fourth-order valence-electron chi connectivity index (χ4n) is 1.21. The molecule has 0 spiro atoms. The van der Waals surface area contributed by atoms with Crippen molar-refractivity contribution in [1.29, 1.82) is 0 Å². The second-order valence-electron chi connectivity index (χ2n) is 3.93. The Labute approximate surface area is 76.6 Å². The summed E-state index contributed by atoms with van der Waals surface area (Å²) in [6.45, 7) is 6.54.